The highest BCUT2D eigenvalue weighted by Crippen LogP contribution is 2.07. The number of aliphatic hydroxyl groups excluding tert-OH is 1. The second kappa shape index (κ2) is 4.39. The molecule has 0 atom stereocenters. The van der Waals surface area contributed by atoms with E-state index in [1.54, 1.807) is 18.0 Å². The molecule has 0 rings (SSSR count). The van der Waals surface area contributed by atoms with E-state index in [2.05, 4.69) is 19.7 Å². The maximum Gasteiger partial charge on any atom is 0.0812 e. The molecule has 60 valence electrons. The number of rotatable bonds is 4. The van der Waals surface area contributed by atoms with Gasteiger partial charge < -0.3 is 10.0 Å². The molecule has 0 bridgehead atoms. The molecule has 0 fully saturated rings. The number of nitrogens with zero attached hydrogens (tertiary/aromatic N) is 1. The van der Waals surface area contributed by atoms with Gasteiger partial charge in [0, 0.05) is 18.4 Å². The van der Waals surface area contributed by atoms with Crippen molar-refractivity contribution in [3.63, 3.8) is 0 Å². The first-order valence-corrected chi connectivity index (χ1v) is 3.18. The van der Waals surface area contributed by atoms with Crippen LogP contribution in [0.1, 0.15) is 0 Å². The van der Waals surface area contributed by atoms with Crippen molar-refractivity contribution in [3.05, 3.63) is 49.5 Å². The van der Waals surface area contributed by atoms with Crippen molar-refractivity contribution in [2.24, 2.45) is 0 Å². The summed E-state index contributed by atoms with van der Waals surface area (Å²) in [6.45, 7) is 10.9. The molecular formula is C9H13NO. The van der Waals surface area contributed by atoms with Gasteiger partial charge in [-0.25, -0.2) is 0 Å². The fourth-order valence-corrected chi connectivity index (χ4v) is 0.519. The van der Waals surface area contributed by atoms with Crippen LogP contribution in [0.25, 0.3) is 0 Å². The van der Waals surface area contributed by atoms with E-state index in [1.807, 2.05) is 0 Å². The van der Waals surface area contributed by atoms with Gasteiger partial charge in [0.05, 0.1) is 6.26 Å². The maximum absolute atomic E-state index is 8.42. The third-order valence-electron chi connectivity index (χ3n) is 1.36. The van der Waals surface area contributed by atoms with E-state index in [4.69, 9.17) is 5.11 Å². The lowest BCUT2D eigenvalue weighted by Crippen LogP contribution is -2.12. The van der Waals surface area contributed by atoms with Gasteiger partial charge in [0.25, 0.3) is 0 Å². The smallest absolute Gasteiger partial charge is 0.0812 e. The predicted molar refractivity (Wildman–Crippen MR) is 48.0 cm³/mol. The monoisotopic (exact) mass is 151 g/mol. The first kappa shape index (κ1) is 9.56. The van der Waals surface area contributed by atoms with Crippen LogP contribution in [0.15, 0.2) is 49.5 Å². The molecule has 0 aromatic heterocycles. The molecule has 0 aliphatic carbocycles. The lowest BCUT2D eigenvalue weighted by atomic mass is 10.3. The summed E-state index contributed by atoms with van der Waals surface area (Å²) in [4.78, 5) is 1.72. The molecule has 0 radical (unpaired) electrons. The molecule has 2 nitrogen and oxygen atoms in total. The van der Waals surface area contributed by atoms with Crippen LogP contribution in [0.4, 0.5) is 0 Å². The summed E-state index contributed by atoms with van der Waals surface area (Å²) >= 11 is 0. The van der Waals surface area contributed by atoms with E-state index >= 15 is 0 Å². The summed E-state index contributed by atoms with van der Waals surface area (Å²) in [5.74, 6) is 0. The Balaban J connectivity index is 4.24. The normalized spacial score (nSPS) is 9.55. The number of hydrogen-bond acceptors (Lipinski definition) is 2. The van der Waals surface area contributed by atoms with Gasteiger partial charge in [0.1, 0.15) is 0 Å². The lowest BCUT2D eigenvalue weighted by molar-refractivity contribution is 0.468. The Bertz CT molecular complexity index is 204. The van der Waals surface area contributed by atoms with Gasteiger partial charge in [-0.15, -0.1) is 0 Å². The van der Waals surface area contributed by atoms with Gasteiger partial charge in [-0.2, -0.15) is 0 Å². The van der Waals surface area contributed by atoms with E-state index in [9.17, 15) is 0 Å². The first-order valence-electron chi connectivity index (χ1n) is 3.18. The Labute approximate surface area is 67.5 Å². The molecule has 0 saturated heterocycles. The second-order valence-electron chi connectivity index (χ2n) is 2.06. The minimum atomic E-state index is 0.664. The Morgan fingerprint density at radius 1 is 1.36 bits per heavy atom. The fourth-order valence-electron chi connectivity index (χ4n) is 0.519. The summed E-state index contributed by atoms with van der Waals surface area (Å²) < 4.78 is 0. The third kappa shape index (κ3) is 2.76. The van der Waals surface area contributed by atoms with Crippen molar-refractivity contribution < 1.29 is 5.11 Å². The van der Waals surface area contributed by atoms with Crippen molar-refractivity contribution in [1.82, 2.24) is 4.90 Å². The molecule has 2 heteroatoms. The quantitative estimate of drug-likeness (QED) is 0.492. The zero-order valence-electron chi connectivity index (χ0n) is 6.75. The van der Waals surface area contributed by atoms with Gasteiger partial charge in [0.2, 0.25) is 0 Å². The standard InChI is InChI=1S/C9H13NO/c1-5-8(2)10(4)9(3)6-7-11/h5-7,11H,1-3H2,4H3/b7-6+. The van der Waals surface area contributed by atoms with Crippen LogP contribution < -0.4 is 0 Å². The third-order valence-corrected chi connectivity index (χ3v) is 1.36. The fraction of sp³-hybridized carbons (Fsp3) is 0.111. The Hall–Kier alpha value is -1.44. The minimum Gasteiger partial charge on any atom is -0.516 e. The number of aliphatic hydroxyl groups is 1. The predicted octanol–water partition coefficient (Wildman–Crippen LogP) is 2.20. The molecule has 0 aliphatic heterocycles. The lowest BCUT2D eigenvalue weighted by Gasteiger charge is -2.18. The number of likely N-dealkylation sites (N-methyl/N-ethyl adjacent to an activating group) is 1. The molecule has 0 saturated carbocycles. The molecule has 0 unspecified atom stereocenters. The molecule has 0 amide bonds. The highest BCUT2D eigenvalue weighted by atomic mass is 16.2. The molecule has 0 spiro atoms. The van der Waals surface area contributed by atoms with Crippen LogP contribution in [0.5, 0.6) is 0 Å². The Kier molecular flexibility index (Phi) is 3.81. The molecule has 0 aromatic carbocycles. The van der Waals surface area contributed by atoms with Crippen LogP contribution in [-0.4, -0.2) is 17.1 Å². The van der Waals surface area contributed by atoms with Crippen molar-refractivity contribution in [1.29, 1.82) is 0 Å². The van der Waals surface area contributed by atoms with Gasteiger partial charge >= 0.3 is 0 Å². The highest BCUT2D eigenvalue weighted by molar-refractivity contribution is 5.21. The van der Waals surface area contributed by atoms with Gasteiger partial charge in [0.15, 0.2) is 0 Å². The van der Waals surface area contributed by atoms with Crippen LogP contribution in [0, 0.1) is 0 Å². The van der Waals surface area contributed by atoms with Crippen LogP contribution >= 0.6 is 0 Å². The Morgan fingerprint density at radius 3 is 2.27 bits per heavy atom. The van der Waals surface area contributed by atoms with Gasteiger partial charge in [-0.3, -0.25) is 0 Å². The van der Waals surface area contributed by atoms with Crippen molar-refractivity contribution in [2.45, 2.75) is 0 Å². The largest absolute Gasteiger partial charge is 0.516 e. The highest BCUT2D eigenvalue weighted by Gasteiger charge is 1.98. The Morgan fingerprint density at radius 2 is 1.91 bits per heavy atom. The number of allylic oxidation sites excluding steroid dienone is 2. The van der Waals surface area contributed by atoms with Crippen LogP contribution in [-0.2, 0) is 0 Å². The molecule has 11 heavy (non-hydrogen) atoms. The van der Waals surface area contributed by atoms with E-state index in [0.717, 1.165) is 12.0 Å². The minimum absolute atomic E-state index is 0.664. The van der Waals surface area contributed by atoms with Gasteiger partial charge in [-0.05, 0) is 12.2 Å². The van der Waals surface area contributed by atoms with Gasteiger partial charge in [-0.1, -0.05) is 19.7 Å². The number of hydrogen-bond donors (Lipinski definition) is 1. The topological polar surface area (TPSA) is 23.5 Å². The average Bonchev–Trinajstić information content (AvgIpc) is 2.02. The average molecular weight is 151 g/mol. The summed E-state index contributed by atoms with van der Waals surface area (Å²) in [6, 6.07) is 0. The van der Waals surface area contributed by atoms with Crippen molar-refractivity contribution in [3.8, 4) is 0 Å². The summed E-state index contributed by atoms with van der Waals surface area (Å²) in [5.41, 5.74) is 1.41. The zero-order chi connectivity index (χ0) is 8.85. The van der Waals surface area contributed by atoms with E-state index in [1.165, 1.54) is 6.08 Å². The summed E-state index contributed by atoms with van der Waals surface area (Å²) in [6.07, 6.45) is 4.04. The first-order chi connectivity index (χ1) is 5.13. The van der Waals surface area contributed by atoms with E-state index in [0.29, 0.717) is 5.70 Å². The molecular weight excluding hydrogens is 138 g/mol. The van der Waals surface area contributed by atoms with Crippen molar-refractivity contribution in [2.75, 3.05) is 7.05 Å². The summed E-state index contributed by atoms with van der Waals surface area (Å²) in [7, 11) is 1.80. The summed E-state index contributed by atoms with van der Waals surface area (Å²) in [5, 5.41) is 8.42. The molecule has 1 N–H and O–H groups in total. The van der Waals surface area contributed by atoms with Crippen molar-refractivity contribution >= 4 is 0 Å². The maximum atomic E-state index is 8.42. The molecule has 0 heterocycles. The van der Waals surface area contributed by atoms with E-state index < -0.39 is 0 Å². The zero-order valence-corrected chi connectivity index (χ0v) is 6.75. The van der Waals surface area contributed by atoms with Crippen LogP contribution in [0.3, 0.4) is 0 Å². The second-order valence-corrected chi connectivity index (χ2v) is 2.06. The van der Waals surface area contributed by atoms with E-state index in [-0.39, 0.29) is 0 Å². The van der Waals surface area contributed by atoms with Crippen LogP contribution in [0.2, 0.25) is 0 Å². The SMILES string of the molecule is C=CC(=C)N(C)C(=C)/C=C/O. The molecule has 0 aromatic rings. The molecule has 0 aliphatic rings.